The van der Waals surface area contributed by atoms with Crippen molar-refractivity contribution < 1.29 is 4.74 Å². The second kappa shape index (κ2) is 5.59. The van der Waals surface area contributed by atoms with E-state index in [0.717, 1.165) is 22.7 Å². The van der Waals surface area contributed by atoms with Crippen LogP contribution in [0.2, 0.25) is 0 Å². The number of hydrogen-bond acceptors (Lipinski definition) is 4. The molecule has 2 aromatic rings. The van der Waals surface area contributed by atoms with Crippen LogP contribution in [-0.2, 0) is 0 Å². The third-order valence-electron chi connectivity index (χ3n) is 3.39. The molecule has 1 aromatic carbocycles. The summed E-state index contributed by atoms with van der Waals surface area (Å²) in [6, 6.07) is 8.19. The first-order valence-electron chi connectivity index (χ1n) is 6.98. The summed E-state index contributed by atoms with van der Waals surface area (Å²) in [6.45, 7) is 1.99. The normalized spacial score (nSPS) is 15.9. The van der Waals surface area contributed by atoms with Gasteiger partial charge in [0.2, 0.25) is 0 Å². The second-order valence-electron chi connectivity index (χ2n) is 5.23. The summed E-state index contributed by atoms with van der Waals surface area (Å²) in [4.78, 5) is 8.80. The lowest BCUT2D eigenvalue weighted by molar-refractivity contribution is 0.303. The monoisotopic (exact) mass is 269 g/mol. The van der Waals surface area contributed by atoms with Crippen molar-refractivity contribution >= 4 is 0 Å². The van der Waals surface area contributed by atoms with Gasteiger partial charge in [0.25, 0.3) is 0 Å². The Morgan fingerprint density at radius 3 is 2.35 bits per heavy atom. The number of ether oxygens (including phenoxy) is 1. The minimum Gasteiger partial charge on any atom is -0.490 e. The van der Waals surface area contributed by atoms with Gasteiger partial charge >= 0.3 is 0 Å². The highest BCUT2D eigenvalue weighted by atomic mass is 16.5. The van der Waals surface area contributed by atoms with Crippen molar-refractivity contribution in [3.05, 3.63) is 53.6 Å². The average molecular weight is 269 g/mol. The van der Waals surface area contributed by atoms with Crippen molar-refractivity contribution in [3.8, 4) is 5.75 Å². The Balaban J connectivity index is 1.79. The van der Waals surface area contributed by atoms with E-state index in [0.29, 0.717) is 6.10 Å². The van der Waals surface area contributed by atoms with Gasteiger partial charge in [-0.25, -0.2) is 9.97 Å². The molecule has 1 heterocycles. The first-order valence-corrected chi connectivity index (χ1v) is 6.98. The van der Waals surface area contributed by atoms with E-state index in [1.807, 2.05) is 38.5 Å². The molecule has 0 aliphatic heterocycles. The summed E-state index contributed by atoms with van der Waals surface area (Å²) in [5.74, 6) is 1.73. The minimum atomic E-state index is 0.00516. The fourth-order valence-electron chi connectivity index (χ4n) is 2.11. The lowest BCUT2D eigenvalue weighted by Gasteiger charge is -2.15. The van der Waals surface area contributed by atoms with Gasteiger partial charge in [-0.1, -0.05) is 12.1 Å². The lowest BCUT2D eigenvalue weighted by Crippen LogP contribution is -2.20. The molecular weight excluding hydrogens is 250 g/mol. The van der Waals surface area contributed by atoms with E-state index in [-0.39, 0.29) is 6.04 Å². The fourth-order valence-corrected chi connectivity index (χ4v) is 2.11. The number of nitrogens with zero attached hydrogens (tertiary/aromatic N) is 2. The first kappa shape index (κ1) is 13.1. The molecule has 3 rings (SSSR count). The molecule has 4 heteroatoms. The maximum absolute atomic E-state index is 5.76. The Labute approximate surface area is 119 Å². The fraction of sp³-hybridized carbons (Fsp3) is 0.375. The van der Waals surface area contributed by atoms with E-state index in [9.17, 15) is 0 Å². The Hall–Kier alpha value is -1.94. The molecule has 0 amide bonds. The zero-order valence-electron chi connectivity index (χ0n) is 11.8. The zero-order chi connectivity index (χ0) is 13.9. The highest BCUT2D eigenvalue weighted by molar-refractivity contribution is 5.32. The number of benzene rings is 1. The van der Waals surface area contributed by atoms with Crippen LogP contribution in [0.25, 0.3) is 0 Å². The van der Waals surface area contributed by atoms with Gasteiger partial charge in [-0.2, -0.15) is 0 Å². The predicted molar refractivity (Wildman–Crippen MR) is 77.8 cm³/mol. The molecule has 1 aliphatic rings. The number of nitrogens with one attached hydrogen (secondary N) is 1. The van der Waals surface area contributed by atoms with Gasteiger partial charge in [0, 0.05) is 12.4 Å². The highest BCUT2D eigenvalue weighted by Gasteiger charge is 2.23. The number of aromatic nitrogens is 2. The van der Waals surface area contributed by atoms with Crippen molar-refractivity contribution in [2.75, 3.05) is 7.05 Å². The minimum absolute atomic E-state index is 0.00516. The molecule has 1 fully saturated rings. The Kier molecular flexibility index (Phi) is 3.65. The van der Waals surface area contributed by atoms with Gasteiger partial charge in [-0.3, -0.25) is 0 Å². The van der Waals surface area contributed by atoms with Crippen LogP contribution in [0, 0.1) is 6.92 Å². The molecule has 0 saturated heterocycles. The third-order valence-corrected chi connectivity index (χ3v) is 3.39. The largest absolute Gasteiger partial charge is 0.490 e. The molecule has 1 unspecified atom stereocenters. The van der Waals surface area contributed by atoms with E-state index in [1.165, 1.54) is 12.8 Å². The van der Waals surface area contributed by atoms with Crippen LogP contribution in [0.1, 0.15) is 35.8 Å². The van der Waals surface area contributed by atoms with Crippen LogP contribution in [0.15, 0.2) is 36.7 Å². The number of rotatable bonds is 5. The number of aryl methyl sites for hydroxylation is 1. The maximum atomic E-state index is 5.76. The van der Waals surface area contributed by atoms with Gasteiger partial charge in [0.15, 0.2) is 0 Å². The second-order valence-corrected chi connectivity index (χ2v) is 5.23. The Morgan fingerprint density at radius 1 is 1.15 bits per heavy atom. The quantitative estimate of drug-likeness (QED) is 0.906. The lowest BCUT2D eigenvalue weighted by atomic mass is 10.1. The predicted octanol–water partition coefficient (Wildman–Crippen LogP) is 2.64. The summed E-state index contributed by atoms with van der Waals surface area (Å²) < 4.78 is 5.76. The van der Waals surface area contributed by atoms with Crippen molar-refractivity contribution in [1.82, 2.24) is 15.3 Å². The van der Waals surface area contributed by atoms with Crippen molar-refractivity contribution in [2.24, 2.45) is 0 Å². The number of hydrogen-bond donors (Lipinski definition) is 1. The molecule has 1 atom stereocenters. The standard InChI is InChI=1S/C16H19N3O/c1-11-9-18-16(19-10-11)15(17-2)12-3-5-13(6-4-12)20-14-7-8-14/h3-6,9-10,14-15,17H,7-8H2,1-2H3. The zero-order valence-corrected chi connectivity index (χ0v) is 11.8. The molecule has 4 nitrogen and oxygen atoms in total. The van der Waals surface area contributed by atoms with Crippen molar-refractivity contribution in [3.63, 3.8) is 0 Å². The molecule has 1 aliphatic carbocycles. The van der Waals surface area contributed by atoms with Crippen molar-refractivity contribution in [1.29, 1.82) is 0 Å². The van der Waals surface area contributed by atoms with Crippen LogP contribution < -0.4 is 10.1 Å². The van der Waals surface area contributed by atoms with Gasteiger partial charge in [-0.15, -0.1) is 0 Å². The molecule has 1 aromatic heterocycles. The smallest absolute Gasteiger partial charge is 0.149 e. The van der Waals surface area contributed by atoms with E-state index in [4.69, 9.17) is 4.74 Å². The Bertz CT molecular complexity index is 561. The van der Waals surface area contributed by atoms with E-state index >= 15 is 0 Å². The molecule has 0 bridgehead atoms. The maximum Gasteiger partial charge on any atom is 0.149 e. The summed E-state index contributed by atoms with van der Waals surface area (Å²) in [5, 5.41) is 3.26. The van der Waals surface area contributed by atoms with E-state index in [1.54, 1.807) is 0 Å². The third kappa shape index (κ3) is 2.96. The van der Waals surface area contributed by atoms with E-state index in [2.05, 4.69) is 27.4 Å². The molecule has 0 radical (unpaired) electrons. The first-order chi connectivity index (χ1) is 9.76. The van der Waals surface area contributed by atoms with Gasteiger partial charge < -0.3 is 10.1 Å². The summed E-state index contributed by atoms with van der Waals surface area (Å²) in [6.07, 6.45) is 6.48. The van der Waals surface area contributed by atoms with Crippen LogP contribution in [-0.4, -0.2) is 23.1 Å². The van der Waals surface area contributed by atoms with E-state index < -0.39 is 0 Å². The van der Waals surface area contributed by atoms with Gasteiger partial charge in [0.05, 0.1) is 12.1 Å². The molecular formula is C16H19N3O. The molecule has 1 saturated carbocycles. The summed E-state index contributed by atoms with van der Waals surface area (Å²) >= 11 is 0. The molecule has 20 heavy (non-hydrogen) atoms. The topological polar surface area (TPSA) is 47.0 Å². The van der Waals surface area contributed by atoms with Crippen LogP contribution in [0.5, 0.6) is 5.75 Å². The average Bonchev–Trinajstić information content (AvgIpc) is 3.27. The molecule has 104 valence electrons. The van der Waals surface area contributed by atoms with Crippen LogP contribution in [0.3, 0.4) is 0 Å². The van der Waals surface area contributed by atoms with Crippen LogP contribution >= 0.6 is 0 Å². The summed E-state index contributed by atoms with van der Waals surface area (Å²) in [7, 11) is 1.92. The van der Waals surface area contributed by atoms with Gasteiger partial charge in [0.1, 0.15) is 11.6 Å². The molecule has 1 N–H and O–H groups in total. The van der Waals surface area contributed by atoms with Crippen LogP contribution in [0.4, 0.5) is 0 Å². The summed E-state index contributed by atoms with van der Waals surface area (Å²) in [5.41, 5.74) is 2.20. The molecule has 0 spiro atoms. The van der Waals surface area contributed by atoms with Crippen molar-refractivity contribution in [2.45, 2.75) is 31.9 Å². The van der Waals surface area contributed by atoms with Gasteiger partial charge in [-0.05, 0) is 50.1 Å². The highest BCUT2D eigenvalue weighted by Crippen LogP contribution is 2.28. The Morgan fingerprint density at radius 2 is 1.80 bits per heavy atom. The SMILES string of the molecule is CNC(c1ccc(OC2CC2)cc1)c1ncc(C)cn1.